The quantitative estimate of drug-likeness (QED) is 0.436. The van der Waals surface area contributed by atoms with Crippen molar-refractivity contribution in [2.24, 2.45) is 5.92 Å². The molecule has 204 valence electrons. The summed E-state index contributed by atoms with van der Waals surface area (Å²) in [6.45, 7) is 1.95. The van der Waals surface area contributed by atoms with Crippen LogP contribution in [0.15, 0.2) is 36.4 Å². The van der Waals surface area contributed by atoms with Crippen molar-refractivity contribution >= 4 is 46.6 Å². The summed E-state index contributed by atoms with van der Waals surface area (Å²) >= 11 is 5.96. The number of methoxy groups -OCH3 is 2. The average Bonchev–Trinajstić information content (AvgIpc) is 2.93. The van der Waals surface area contributed by atoms with Crippen LogP contribution in [-0.4, -0.2) is 49.4 Å². The van der Waals surface area contributed by atoms with E-state index in [1.165, 1.54) is 14.2 Å². The molecule has 2 aromatic rings. The van der Waals surface area contributed by atoms with E-state index < -0.39 is 18.1 Å². The highest BCUT2D eigenvalue weighted by Gasteiger charge is 2.34. The molecule has 0 spiro atoms. The monoisotopic (exact) mass is 543 g/mol. The molecule has 4 rings (SSSR count). The van der Waals surface area contributed by atoms with Gasteiger partial charge in [0.05, 0.1) is 37.2 Å². The van der Waals surface area contributed by atoms with Gasteiger partial charge in [-0.3, -0.25) is 14.5 Å². The molecule has 2 amide bonds. The molecule has 38 heavy (non-hydrogen) atoms. The van der Waals surface area contributed by atoms with Crippen LogP contribution in [0.1, 0.15) is 56.3 Å². The van der Waals surface area contributed by atoms with E-state index in [1.807, 2.05) is 19.1 Å². The number of amides is 2. The summed E-state index contributed by atoms with van der Waals surface area (Å²) in [5.74, 6) is -1.02. The predicted octanol–water partition coefficient (Wildman–Crippen LogP) is 5.06. The molecule has 2 aliphatic rings. The molecule has 0 radical (unpaired) electrons. The molecule has 0 unspecified atom stereocenters. The number of carbonyl (C=O) groups is 3. The van der Waals surface area contributed by atoms with Crippen molar-refractivity contribution < 1.29 is 29.0 Å². The van der Waals surface area contributed by atoms with Crippen LogP contribution < -0.4 is 15.5 Å². The zero-order chi connectivity index (χ0) is 27.4. The number of anilines is 3. The van der Waals surface area contributed by atoms with E-state index in [2.05, 4.69) is 10.6 Å². The van der Waals surface area contributed by atoms with Crippen molar-refractivity contribution in [2.45, 2.75) is 63.6 Å². The van der Waals surface area contributed by atoms with Crippen molar-refractivity contribution in [2.75, 3.05) is 29.8 Å². The van der Waals surface area contributed by atoms with Gasteiger partial charge in [0.25, 0.3) is 5.91 Å². The average molecular weight is 544 g/mol. The second-order valence-corrected chi connectivity index (χ2v) is 10.3. The van der Waals surface area contributed by atoms with E-state index in [1.54, 1.807) is 29.2 Å². The number of nitrogens with one attached hydrogen (secondary N) is 2. The summed E-state index contributed by atoms with van der Waals surface area (Å²) in [5, 5.41) is 17.7. The topological polar surface area (TPSA) is 117 Å². The third kappa shape index (κ3) is 5.89. The number of benzene rings is 2. The second-order valence-electron chi connectivity index (χ2n) is 9.88. The molecule has 3 N–H and O–H groups in total. The lowest BCUT2D eigenvalue weighted by molar-refractivity contribution is -0.146. The van der Waals surface area contributed by atoms with Gasteiger partial charge in [-0.2, -0.15) is 0 Å². The maximum absolute atomic E-state index is 13.3. The summed E-state index contributed by atoms with van der Waals surface area (Å²) in [4.78, 5) is 39.6. The molecule has 1 fully saturated rings. The first-order valence-electron chi connectivity index (χ1n) is 12.8. The highest BCUT2D eigenvalue weighted by Crippen LogP contribution is 2.41. The summed E-state index contributed by atoms with van der Waals surface area (Å²) in [6, 6.07) is 9.99. The van der Waals surface area contributed by atoms with Crippen molar-refractivity contribution in [1.29, 1.82) is 0 Å². The van der Waals surface area contributed by atoms with Crippen molar-refractivity contribution in [3.8, 4) is 0 Å². The Kier molecular flexibility index (Phi) is 8.79. The third-order valence-corrected chi connectivity index (χ3v) is 7.67. The van der Waals surface area contributed by atoms with Crippen molar-refractivity contribution in [1.82, 2.24) is 0 Å². The van der Waals surface area contributed by atoms with Gasteiger partial charge in [-0.25, -0.2) is 4.79 Å². The number of rotatable bonds is 6. The number of nitrogens with zero attached hydrogens (tertiary/aromatic N) is 1. The van der Waals surface area contributed by atoms with Crippen LogP contribution in [0.3, 0.4) is 0 Å². The van der Waals surface area contributed by atoms with Gasteiger partial charge in [0.15, 0.2) is 6.10 Å². The molecular weight excluding hydrogens is 510 g/mol. The number of fused-ring (bicyclic) bond motifs is 1. The number of hydrogen-bond donors (Lipinski definition) is 3. The highest BCUT2D eigenvalue weighted by molar-refractivity contribution is 6.30. The minimum Gasteiger partial charge on any atom is -0.469 e. The second kappa shape index (κ2) is 12.0. The van der Waals surface area contributed by atoms with E-state index in [-0.39, 0.29) is 24.0 Å². The molecule has 0 bridgehead atoms. The number of hydrogen-bond acceptors (Lipinski definition) is 7. The lowest BCUT2D eigenvalue weighted by atomic mass is 9.85. The molecule has 0 aromatic heterocycles. The molecule has 4 atom stereocenters. The fraction of sp³-hybridized carbons (Fsp3) is 0.464. The van der Waals surface area contributed by atoms with Gasteiger partial charge in [0.2, 0.25) is 0 Å². The summed E-state index contributed by atoms with van der Waals surface area (Å²) in [7, 11) is 2.74. The Morgan fingerprint density at radius 3 is 2.47 bits per heavy atom. The standard InChI is InChI=1S/C28H34ClN3O6/c1-16-7-12-21-23(32(16)28(36)38-3)14-13-22(30-20-6-4-5-18(15-20)27(35)37-2)24(21)31-26(34)25(33)17-8-10-19(29)11-9-17/h8-11,13-14,16,18,20,25,30,33H,4-7,12,15H2,1-3H3,(H,31,34)/t16-,18+,20+,25+/m0/s1. The zero-order valence-electron chi connectivity index (χ0n) is 21.8. The number of ether oxygens (including phenoxy) is 2. The van der Waals surface area contributed by atoms with Crippen LogP contribution in [-0.2, 0) is 25.5 Å². The third-order valence-electron chi connectivity index (χ3n) is 7.42. The number of aliphatic hydroxyl groups excluding tert-OH is 1. The van der Waals surface area contributed by atoms with Gasteiger partial charge in [-0.05, 0) is 68.9 Å². The summed E-state index contributed by atoms with van der Waals surface area (Å²) in [6.07, 6.45) is 2.49. The maximum Gasteiger partial charge on any atom is 0.414 e. The first-order valence-corrected chi connectivity index (χ1v) is 13.2. The van der Waals surface area contributed by atoms with E-state index >= 15 is 0 Å². The fourth-order valence-corrected chi connectivity index (χ4v) is 5.51. The first kappa shape index (κ1) is 27.7. The maximum atomic E-state index is 13.3. The Bertz CT molecular complexity index is 1190. The Labute approximate surface area is 227 Å². The molecule has 1 saturated carbocycles. The van der Waals surface area contributed by atoms with Crippen LogP contribution in [0.2, 0.25) is 5.02 Å². The van der Waals surface area contributed by atoms with Crippen LogP contribution in [0.4, 0.5) is 21.9 Å². The molecule has 2 aromatic carbocycles. The molecular formula is C28H34ClN3O6. The Morgan fingerprint density at radius 2 is 1.79 bits per heavy atom. The van der Waals surface area contributed by atoms with E-state index in [9.17, 15) is 19.5 Å². The Balaban J connectivity index is 1.68. The lowest BCUT2D eigenvalue weighted by Gasteiger charge is -2.36. The zero-order valence-corrected chi connectivity index (χ0v) is 22.6. The molecule has 0 saturated heterocycles. The predicted molar refractivity (Wildman–Crippen MR) is 146 cm³/mol. The van der Waals surface area contributed by atoms with Gasteiger partial charge in [0, 0.05) is 22.7 Å². The van der Waals surface area contributed by atoms with Crippen LogP contribution in [0, 0.1) is 5.92 Å². The SMILES string of the molecule is COC(=O)[C@@H]1CCC[C@@H](Nc2ccc3c(c2NC(=O)[C@H](O)c2ccc(Cl)cc2)CC[C@H](C)N3C(=O)OC)C1. The van der Waals surface area contributed by atoms with Gasteiger partial charge in [-0.15, -0.1) is 0 Å². The molecule has 1 heterocycles. The molecule has 9 nitrogen and oxygen atoms in total. The molecule has 1 aliphatic carbocycles. The van der Waals surface area contributed by atoms with Crippen molar-refractivity contribution in [3.63, 3.8) is 0 Å². The lowest BCUT2D eigenvalue weighted by Crippen LogP contribution is -2.42. The highest BCUT2D eigenvalue weighted by atomic mass is 35.5. The van der Waals surface area contributed by atoms with E-state index in [4.69, 9.17) is 21.1 Å². The smallest absolute Gasteiger partial charge is 0.414 e. The minimum atomic E-state index is -1.42. The van der Waals surface area contributed by atoms with Gasteiger partial charge in [0.1, 0.15) is 0 Å². The fourth-order valence-electron chi connectivity index (χ4n) is 5.38. The minimum absolute atomic E-state index is 0.0121. The van der Waals surface area contributed by atoms with Gasteiger partial charge < -0.3 is 25.2 Å². The largest absolute Gasteiger partial charge is 0.469 e. The normalized spacial score (nSPS) is 21.6. The number of esters is 1. The van der Waals surface area contributed by atoms with Gasteiger partial charge >= 0.3 is 12.1 Å². The number of halogens is 1. The summed E-state index contributed by atoms with van der Waals surface area (Å²) < 4.78 is 9.99. The van der Waals surface area contributed by atoms with Crippen molar-refractivity contribution in [3.05, 3.63) is 52.5 Å². The first-order chi connectivity index (χ1) is 18.2. The van der Waals surface area contributed by atoms with Crippen LogP contribution >= 0.6 is 11.6 Å². The molecule has 10 heteroatoms. The van der Waals surface area contributed by atoms with Gasteiger partial charge in [-0.1, -0.05) is 30.2 Å². The summed E-state index contributed by atoms with van der Waals surface area (Å²) in [5.41, 5.74) is 2.99. The van der Waals surface area contributed by atoms with Crippen LogP contribution in [0.5, 0.6) is 0 Å². The van der Waals surface area contributed by atoms with E-state index in [0.717, 1.165) is 24.8 Å². The Morgan fingerprint density at radius 1 is 1.05 bits per heavy atom. The molecule has 1 aliphatic heterocycles. The van der Waals surface area contributed by atoms with E-state index in [0.29, 0.717) is 46.9 Å². The number of aliphatic hydroxyl groups is 1. The van der Waals surface area contributed by atoms with Crippen LogP contribution in [0.25, 0.3) is 0 Å². The number of carbonyl (C=O) groups excluding carboxylic acids is 3. The Hall–Kier alpha value is -3.30.